The van der Waals surface area contributed by atoms with Gasteiger partial charge < -0.3 is 5.32 Å². The van der Waals surface area contributed by atoms with Gasteiger partial charge in [0.25, 0.3) is 11.6 Å². The number of amides is 1. The van der Waals surface area contributed by atoms with Crippen molar-refractivity contribution < 1.29 is 9.72 Å². The van der Waals surface area contributed by atoms with Crippen LogP contribution in [0.15, 0.2) is 76.0 Å². The van der Waals surface area contributed by atoms with Crippen LogP contribution in [0.25, 0.3) is 6.08 Å². The maximum Gasteiger partial charge on any atom is 0.283 e. The number of nitrogens with zero attached hydrogens (tertiary/aromatic N) is 2. The van der Waals surface area contributed by atoms with Gasteiger partial charge in [0.1, 0.15) is 11.6 Å². The van der Waals surface area contributed by atoms with Crippen molar-refractivity contribution in [3.8, 4) is 6.07 Å². The summed E-state index contributed by atoms with van der Waals surface area (Å²) >= 11 is 7.12. The number of halogens is 1. The molecule has 0 saturated heterocycles. The number of hydrogen-bond donors (Lipinski definition) is 1. The highest BCUT2D eigenvalue weighted by atomic mass is 35.5. The summed E-state index contributed by atoms with van der Waals surface area (Å²) in [5.74, 6) is -0.580. The number of carbonyl (C=O) groups is 1. The molecule has 3 aromatic carbocycles. The second kappa shape index (κ2) is 10.1. The van der Waals surface area contributed by atoms with Crippen molar-refractivity contribution in [1.29, 1.82) is 5.26 Å². The lowest BCUT2D eigenvalue weighted by atomic mass is 10.1. The molecule has 3 rings (SSSR count). The molecule has 6 nitrogen and oxygen atoms in total. The number of nitrogens with one attached hydrogen (secondary N) is 1. The fourth-order valence-electron chi connectivity index (χ4n) is 2.86. The zero-order valence-electron chi connectivity index (χ0n) is 17.3. The quantitative estimate of drug-likeness (QED) is 0.193. The van der Waals surface area contributed by atoms with Gasteiger partial charge in [0.05, 0.1) is 9.82 Å². The predicted molar refractivity (Wildman–Crippen MR) is 127 cm³/mol. The van der Waals surface area contributed by atoms with E-state index in [1.807, 2.05) is 38.1 Å². The molecular weight excluding hydrogens is 446 g/mol. The number of anilines is 1. The Bertz CT molecular complexity index is 1260. The third-order valence-corrected chi connectivity index (χ3v) is 5.86. The topological polar surface area (TPSA) is 96.0 Å². The molecule has 1 N–H and O–H groups in total. The Morgan fingerprint density at radius 2 is 1.84 bits per heavy atom. The molecule has 0 atom stereocenters. The van der Waals surface area contributed by atoms with Crippen LogP contribution < -0.4 is 5.32 Å². The number of carbonyl (C=O) groups excluding carboxylic acids is 1. The van der Waals surface area contributed by atoms with Crippen molar-refractivity contribution in [2.24, 2.45) is 0 Å². The average Bonchev–Trinajstić information content (AvgIpc) is 2.76. The van der Waals surface area contributed by atoms with Crippen LogP contribution in [0.5, 0.6) is 0 Å². The second-order valence-electron chi connectivity index (χ2n) is 6.98. The Hall–Kier alpha value is -3.60. The van der Waals surface area contributed by atoms with Crippen LogP contribution in [0.2, 0.25) is 5.02 Å². The first-order chi connectivity index (χ1) is 15.3. The summed E-state index contributed by atoms with van der Waals surface area (Å²) in [6, 6.07) is 19.0. The van der Waals surface area contributed by atoms with Crippen LogP contribution in [0.4, 0.5) is 11.4 Å². The van der Waals surface area contributed by atoms with E-state index in [-0.39, 0.29) is 11.3 Å². The van der Waals surface area contributed by atoms with Crippen LogP contribution in [0.1, 0.15) is 16.7 Å². The Labute approximate surface area is 194 Å². The molecule has 0 bridgehead atoms. The van der Waals surface area contributed by atoms with Gasteiger partial charge >= 0.3 is 0 Å². The fourth-order valence-corrected chi connectivity index (χ4v) is 3.88. The molecule has 0 unspecified atom stereocenters. The number of aryl methyl sites for hydroxylation is 2. The lowest BCUT2D eigenvalue weighted by Crippen LogP contribution is -2.14. The van der Waals surface area contributed by atoms with E-state index in [2.05, 4.69) is 5.32 Å². The number of hydrogen-bond acceptors (Lipinski definition) is 5. The van der Waals surface area contributed by atoms with E-state index in [4.69, 9.17) is 11.6 Å². The zero-order chi connectivity index (χ0) is 23.3. The summed E-state index contributed by atoms with van der Waals surface area (Å²) < 4.78 is 0. The predicted octanol–water partition coefficient (Wildman–Crippen LogP) is 6.56. The molecule has 3 aromatic rings. The smallest absolute Gasteiger partial charge is 0.283 e. The minimum absolute atomic E-state index is 0.120. The van der Waals surface area contributed by atoms with Crippen LogP contribution in [0, 0.1) is 35.3 Å². The third-order valence-electron chi connectivity index (χ3n) is 4.54. The molecule has 0 aliphatic rings. The molecular formula is C24H18ClN3O3S. The van der Waals surface area contributed by atoms with Gasteiger partial charge in [-0.3, -0.25) is 14.9 Å². The largest absolute Gasteiger partial charge is 0.321 e. The van der Waals surface area contributed by atoms with E-state index in [1.165, 1.54) is 23.9 Å². The van der Waals surface area contributed by atoms with Crippen LogP contribution in [-0.2, 0) is 4.79 Å². The lowest BCUT2D eigenvalue weighted by Gasteiger charge is -2.09. The molecule has 1 amide bonds. The van der Waals surface area contributed by atoms with Crippen molar-refractivity contribution in [3.63, 3.8) is 0 Å². The maximum absolute atomic E-state index is 12.6. The second-order valence-corrected chi connectivity index (χ2v) is 8.53. The van der Waals surface area contributed by atoms with Gasteiger partial charge in [-0.05, 0) is 73.0 Å². The van der Waals surface area contributed by atoms with E-state index in [9.17, 15) is 20.2 Å². The minimum atomic E-state index is -0.580. The maximum atomic E-state index is 12.6. The van der Waals surface area contributed by atoms with Gasteiger partial charge in [0.2, 0.25) is 0 Å². The van der Waals surface area contributed by atoms with E-state index in [0.29, 0.717) is 21.2 Å². The first-order valence-corrected chi connectivity index (χ1v) is 10.7. The summed E-state index contributed by atoms with van der Waals surface area (Å²) in [4.78, 5) is 25.0. The summed E-state index contributed by atoms with van der Waals surface area (Å²) in [5.41, 5.74) is 2.55. The number of benzene rings is 3. The Balaban J connectivity index is 1.88. The normalized spacial score (nSPS) is 11.0. The van der Waals surface area contributed by atoms with Crippen molar-refractivity contribution in [1.82, 2.24) is 0 Å². The van der Waals surface area contributed by atoms with Gasteiger partial charge in [-0.2, -0.15) is 5.26 Å². The van der Waals surface area contributed by atoms with Gasteiger partial charge in [-0.25, -0.2) is 0 Å². The van der Waals surface area contributed by atoms with E-state index in [1.54, 1.807) is 36.4 Å². The van der Waals surface area contributed by atoms with Crippen LogP contribution in [-0.4, -0.2) is 10.8 Å². The summed E-state index contributed by atoms with van der Waals surface area (Å²) in [7, 11) is 0. The molecule has 0 spiro atoms. The highest BCUT2D eigenvalue weighted by Gasteiger charge is 2.17. The van der Waals surface area contributed by atoms with E-state index < -0.39 is 10.8 Å². The first-order valence-electron chi connectivity index (χ1n) is 9.49. The summed E-state index contributed by atoms with van der Waals surface area (Å²) in [6.45, 7) is 3.75. The molecule has 160 valence electrons. The highest BCUT2D eigenvalue weighted by molar-refractivity contribution is 7.99. The molecule has 8 heteroatoms. The summed E-state index contributed by atoms with van der Waals surface area (Å²) in [6.07, 6.45) is 1.34. The Morgan fingerprint density at radius 1 is 1.12 bits per heavy atom. The standard InChI is InChI=1S/C24H18ClN3O3S/c1-15-3-4-16(2)21(11-15)27-24(29)18(14-26)12-17-5-10-23(22(13-17)28(30)31)32-20-8-6-19(25)7-9-20/h3-13H,1-2H3,(H,27,29). The van der Waals surface area contributed by atoms with Gasteiger partial charge in [-0.1, -0.05) is 41.6 Å². The number of rotatable bonds is 6. The molecule has 0 aromatic heterocycles. The van der Waals surface area contributed by atoms with Crippen molar-refractivity contribution in [3.05, 3.63) is 98.1 Å². The first kappa shape index (κ1) is 23.1. The molecule has 0 fully saturated rings. The SMILES string of the molecule is Cc1ccc(C)c(NC(=O)C(C#N)=Cc2ccc(Sc3ccc(Cl)cc3)c([N+](=O)[O-])c2)c1. The van der Waals surface area contributed by atoms with Crippen molar-refractivity contribution in [2.75, 3.05) is 5.32 Å². The monoisotopic (exact) mass is 463 g/mol. The van der Waals surface area contributed by atoms with Crippen LogP contribution in [0.3, 0.4) is 0 Å². The van der Waals surface area contributed by atoms with Crippen LogP contribution >= 0.6 is 23.4 Å². The summed E-state index contributed by atoms with van der Waals surface area (Å²) in [5, 5.41) is 24.4. The minimum Gasteiger partial charge on any atom is -0.321 e. The molecule has 0 saturated carbocycles. The Morgan fingerprint density at radius 3 is 2.50 bits per heavy atom. The highest BCUT2D eigenvalue weighted by Crippen LogP contribution is 2.36. The van der Waals surface area contributed by atoms with E-state index >= 15 is 0 Å². The number of nitro groups is 1. The molecule has 0 aliphatic heterocycles. The Kier molecular flexibility index (Phi) is 7.31. The number of nitro benzene ring substituents is 1. The van der Waals surface area contributed by atoms with Crippen molar-refractivity contribution >= 4 is 46.7 Å². The van der Waals surface area contributed by atoms with Crippen molar-refractivity contribution in [2.45, 2.75) is 23.6 Å². The fraction of sp³-hybridized carbons (Fsp3) is 0.0833. The van der Waals surface area contributed by atoms with Gasteiger partial charge in [0.15, 0.2) is 0 Å². The molecule has 0 radical (unpaired) electrons. The van der Waals surface area contributed by atoms with E-state index in [0.717, 1.165) is 16.0 Å². The third kappa shape index (κ3) is 5.76. The molecule has 0 heterocycles. The average molecular weight is 464 g/mol. The van der Waals surface area contributed by atoms with Gasteiger partial charge in [0, 0.05) is 21.7 Å². The zero-order valence-corrected chi connectivity index (χ0v) is 18.8. The molecule has 32 heavy (non-hydrogen) atoms. The lowest BCUT2D eigenvalue weighted by molar-refractivity contribution is -0.387. The molecule has 0 aliphatic carbocycles. The van der Waals surface area contributed by atoms with Gasteiger partial charge in [-0.15, -0.1) is 0 Å². The number of nitriles is 1.